The number of H-pyrrole nitrogens is 1. The Labute approximate surface area is 150 Å². The van der Waals surface area contributed by atoms with Crippen molar-refractivity contribution in [3.8, 4) is 0 Å². The predicted octanol–water partition coefficient (Wildman–Crippen LogP) is 2.80. The first-order valence-corrected chi connectivity index (χ1v) is 10.2. The van der Waals surface area contributed by atoms with Gasteiger partial charge in [0.25, 0.3) is 0 Å². The second kappa shape index (κ2) is 6.28. The fourth-order valence-corrected chi connectivity index (χ4v) is 3.97. The monoisotopic (exact) mass is 374 g/mol. The van der Waals surface area contributed by atoms with Crippen LogP contribution in [0.2, 0.25) is 0 Å². The van der Waals surface area contributed by atoms with E-state index in [-0.39, 0.29) is 10.9 Å². The lowest BCUT2D eigenvalue weighted by Gasteiger charge is -2.20. The lowest BCUT2D eigenvalue weighted by molar-refractivity contribution is 0.595. The average molecular weight is 374 g/mol. The van der Waals surface area contributed by atoms with Crippen LogP contribution in [0.4, 0.5) is 15.8 Å². The molecule has 3 aromatic rings. The van der Waals surface area contributed by atoms with Gasteiger partial charge in [-0.25, -0.2) is 12.8 Å². The standard InChI is InChI=1S/C18H19FN4O2S/c1-26(24,25)15-3-5-18(16(19)9-15)23-7-6-14(11-23)21-13-2-4-17-12(8-13)10-20-22-17/h2-5,8-10,14,21H,6-7,11H2,1H3,(H,20,22). The Hall–Kier alpha value is -2.61. The van der Waals surface area contributed by atoms with Gasteiger partial charge in [0.15, 0.2) is 9.84 Å². The lowest BCUT2D eigenvalue weighted by atomic mass is 10.2. The molecule has 2 N–H and O–H groups in total. The minimum atomic E-state index is -3.41. The molecule has 26 heavy (non-hydrogen) atoms. The number of rotatable bonds is 4. The van der Waals surface area contributed by atoms with Gasteiger partial charge in [0.05, 0.1) is 22.3 Å². The third-order valence-corrected chi connectivity index (χ3v) is 5.80. The molecule has 1 aliphatic rings. The maximum absolute atomic E-state index is 14.4. The van der Waals surface area contributed by atoms with Crippen molar-refractivity contribution in [3.63, 3.8) is 0 Å². The van der Waals surface area contributed by atoms with E-state index in [0.717, 1.165) is 35.3 Å². The maximum atomic E-state index is 14.4. The summed E-state index contributed by atoms with van der Waals surface area (Å²) in [5.41, 5.74) is 2.42. The highest BCUT2D eigenvalue weighted by Gasteiger charge is 2.25. The van der Waals surface area contributed by atoms with Crippen molar-refractivity contribution in [1.82, 2.24) is 10.2 Å². The van der Waals surface area contributed by atoms with Crippen LogP contribution in [0.25, 0.3) is 10.9 Å². The fraction of sp³-hybridized carbons (Fsp3) is 0.278. The number of anilines is 2. The molecule has 1 unspecified atom stereocenters. The summed E-state index contributed by atoms with van der Waals surface area (Å²) in [5, 5.41) is 11.4. The topological polar surface area (TPSA) is 78.1 Å². The van der Waals surface area contributed by atoms with Crippen molar-refractivity contribution in [2.45, 2.75) is 17.4 Å². The molecule has 0 spiro atoms. The van der Waals surface area contributed by atoms with Gasteiger partial charge >= 0.3 is 0 Å². The van der Waals surface area contributed by atoms with E-state index < -0.39 is 15.7 Å². The van der Waals surface area contributed by atoms with Crippen molar-refractivity contribution < 1.29 is 12.8 Å². The van der Waals surface area contributed by atoms with Crippen molar-refractivity contribution in [1.29, 1.82) is 0 Å². The largest absolute Gasteiger partial charge is 0.380 e. The first-order chi connectivity index (χ1) is 12.4. The maximum Gasteiger partial charge on any atom is 0.175 e. The fourth-order valence-electron chi connectivity index (χ4n) is 3.34. The Kier molecular flexibility index (Phi) is 4.07. The smallest absolute Gasteiger partial charge is 0.175 e. The van der Waals surface area contributed by atoms with Crippen molar-refractivity contribution in [2.24, 2.45) is 0 Å². The number of aromatic amines is 1. The van der Waals surface area contributed by atoms with E-state index in [9.17, 15) is 12.8 Å². The highest BCUT2D eigenvalue weighted by atomic mass is 32.2. The van der Waals surface area contributed by atoms with Crippen LogP contribution in [0.1, 0.15) is 6.42 Å². The summed E-state index contributed by atoms with van der Waals surface area (Å²) in [5.74, 6) is -0.506. The van der Waals surface area contributed by atoms with E-state index in [1.165, 1.54) is 6.07 Å². The van der Waals surface area contributed by atoms with Crippen LogP contribution in [0.5, 0.6) is 0 Å². The molecular formula is C18H19FN4O2S. The van der Waals surface area contributed by atoms with Crippen molar-refractivity contribution in [3.05, 3.63) is 48.4 Å². The van der Waals surface area contributed by atoms with E-state index in [4.69, 9.17) is 0 Å². The predicted molar refractivity (Wildman–Crippen MR) is 99.8 cm³/mol. The molecule has 2 aromatic carbocycles. The first kappa shape index (κ1) is 16.8. The van der Waals surface area contributed by atoms with Gasteiger partial charge < -0.3 is 10.2 Å². The van der Waals surface area contributed by atoms with Crippen molar-refractivity contribution >= 4 is 32.1 Å². The Morgan fingerprint density at radius 1 is 1.27 bits per heavy atom. The van der Waals surface area contributed by atoms with Gasteiger partial charge in [-0.2, -0.15) is 5.10 Å². The lowest BCUT2D eigenvalue weighted by Crippen LogP contribution is -2.26. The number of fused-ring (bicyclic) bond motifs is 1. The normalized spacial score (nSPS) is 17.8. The zero-order chi connectivity index (χ0) is 18.3. The Balaban J connectivity index is 1.48. The second-order valence-corrected chi connectivity index (χ2v) is 8.65. The summed E-state index contributed by atoms with van der Waals surface area (Å²) in [6, 6.07) is 10.3. The number of hydrogen-bond donors (Lipinski definition) is 2. The number of nitrogens with zero attached hydrogens (tertiary/aromatic N) is 2. The van der Waals surface area contributed by atoms with Crippen molar-refractivity contribution in [2.75, 3.05) is 29.6 Å². The third-order valence-electron chi connectivity index (χ3n) is 4.69. The highest BCUT2D eigenvalue weighted by molar-refractivity contribution is 7.90. The molecule has 0 amide bonds. The summed E-state index contributed by atoms with van der Waals surface area (Å²) < 4.78 is 37.5. The highest BCUT2D eigenvalue weighted by Crippen LogP contribution is 2.27. The van der Waals surface area contributed by atoms with E-state index in [1.807, 2.05) is 23.1 Å². The van der Waals surface area contributed by atoms with Gasteiger partial charge in [-0.05, 0) is 42.8 Å². The van der Waals surface area contributed by atoms with Crippen LogP contribution in [0, 0.1) is 5.82 Å². The number of nitrogens with one attached hydrogen (secondary N) is 2. The summed E-state index contributed by atoms with van der Waals surface area (Å²) in [4.78, 5) is 1.94. The Morgan fingerprint density at radius 2 is 2.12 bits per heavy atom. The van der Waals surface area contributed by atoms with E-state index in [1.54, 1.807) is 12.3 Å². The molecule has 1 saturated heterocycles. The number of aromatic nitrogens is 2. The van der Waals surface area contributed by atoms with Gasteiger partial charge in [0, 0.05) is 36.5 Å². The summed E-state index contributed by atoms with van der Waals surface area (Å²) in [7, 11) is -3.41. The Bertz CT molecular complexity index is 1060. The molecule has 8 heteroatoms. The van der Waals surface area contributed by atoms with Crippen LogP contribution in [-0.4, -0.2) is 44.0 Å². The third kappa shape index (κ3) is 3.24. The molecule has 1 atom stereocenters. The molecule has 136 valence electrons. The molecule has 4 rings (SSSR count). The summed E-state index contributed by atoms with van der Waals surface area (Å²) in [6.45, 7) is 1.36. The van der Waals surface area contributed by atoms with Gasteiger partial charge in [-0.15, -0.1) is 0 Å². The zero-order valence-electron chi connectivity index (χ0n) is 14.2. The number of sulfone groups is 1. The molecule has 1 aliphatic heterocycles. The molecular weight excluding hydrogens is 355 g/mol. The van der Waals surface area contributed by atoms with Crippen LogP contribution < -0.4 is 10.2 Å². The summed E-state index contributed by atoms with van der Waals surface area (Å²) in [6.07, 6.45) is 3.73. The summed E-state index contributed by atoms with van der Waals surface area (Å²) >= 11 is 0. The van der Waals surface area contributed by atoms with Gasteiger partial charge in [0.2, 0.25) is 0 Å². The molecule has 0 saturated carbocycles. The Morgan fingerprint density at radius 3 is 2.88 bits per heavy atom. The SMILES string of the molecule is CS(=O)(=O)c1ccc(N2CCC(Nc3ccc4[nH]ncc4c3)C2)c(F)c1. The van der Waals surface area contributed by atoms with E-state index >= 15 is 0 Å². The van der Waals surface area contributed by atoms with Crippen LogP contribution >= 0.6 is 0 Å². The van der Waals surface area contributed by atoms with Crippen LogP contribution in [-0.2, 0) is 9.84 Å². The van der Waals surface area contributed by atoms with E-state index in [2.05, 4.69) is 15.5 Å². The van der Waals surface area contributed by atoms with Crippen LogP contribution in [0.3, 0.4) is 0 Å². The zero-order valence-corrected chi connectivity index (χ0v) is 15.1. The van der Waals surface area contributed by atoms with Gasteiger partial charge in [-0.1, -0.05) is 0 Å². The first-order valence-electron chi connectivity index (χ1n) is 8.34. The molecule has 1 fully saturated rings. The minimum absolute atomic E-state index is 0.000960. The minimum Gasteiger partial charge on any atom is -0.380 e. The molecule has 0 aliphatic carbocycles. The molecule has 0 radical (unpaired) electrons. The second-order valence-electron chi connectivity index (χ2n) is 6.63. The number of hydrogen-bond acceptors (Lipinski definition) is 5. The van der Waals surface area contributed by atoms with E-state index in [0.29, 0.717) is 18.8 Å². The molecule has 1 aromatic heterocycles. The van der Waals surface area contributed by atoms with Gasteiger partial charge in [0.1, 0.15) is 5.82 Å². The number of halogens is 1. The van der Waals surface area contributed by atoms with Gasteiger partial charge in [-0.3, -0.25) is 5.10 Å². The molecule has 0 bridgehead atoms. The molecule has 2 heterocycles. The number of benzene rings is 2. The van der Waals surface area contributed by atoms with Crippen LogP contribution in [0.15, 0.2) is 47.5 Å². The average Bonchev–Trinajstić information content (AvgIpc) is 3.22. The molecule has 6 nitrogen and oxygen atoms in total. The quantitative estimate of drug-likeness (QED) is 0.734.